The fourth-order valence-electron chi connectivity index (χ4n) is 4.96. The van der Waals surface area contributed by atoms with Crippen LogP contribution in [0.25, 0.3) is 11.5 Å². The second kappa shape index (κ2) is 8.53. The van der Waals surface area contributed by atoms with Crippen LogP contribution in [-0.4, -0.2) is 46.2 Å². The highest BCUT2D eigenvalue weighted by Crippen LogP contribution is 2.38. The van der Waals surface area contributed by atoms with E-state index in [2.05, 4.69) is 29.0 Å². The minimum Gasteiger partial charge on any atom is -0.351 e. The molecule has 0 unspecified atom stereocenters. The number of urea groups is 1. The molecule has 4 rings (SSSR count). The zero-order valence-corrected chi connectivity index (χ0v) is 17.4. The average molecular weight is 398 g/mol. The van der Waals surface area contributed by atoms with Crippen LogP contribution in [0.5, 0.6) is 0 Å². The third-order valence-electron chi connectivity index (χ3n) is 6.53. The number of carbonyl (C=O) groups excluding carboxylic acids is 1. The van der Waals surface area contributed by atoms with Crippen LogP contribution >= 0.6 is 0 Å². The Bertz CT molecular complexity index is 837. The van der Waals surface area contributed by atoms with Gasteiger partial charge in [-0.2, -0.15) is 4.98 Å². The molecule has 7 heteroatoms. The second-order valence-corrected chi connectivity index (χ2v) is 8.37. The molecule has 0 saturated carbocycles. The predicted octanol–water partition coefficient (Wildman–Crippen LogP) is 3.98. The molecule has 1 aromatic heterocycles. The van der Waals surface area contributed by atoms with Gasteiger partial charge in [0.15, 0.2) is 5.82 Å². The number of benzene rings is 1. The Hall–Kier alpha value is -2.41. The van der Waals surface area contributed by atoms with Gasteiger partial charge < -0.3 is 15.2 Å². The number of nitrogens with zero attached hydrogens (tertiary/aromatic N) is 4. The summed E-state index contributed by atoms with van der Waals surface area (Å²) in [4.78, 5) is 21.4. The lowest BCUT2D eigenvalue weighted by Gasteiger charge is -2.49. The second-order valence-electron chi connectivity index (χ2n) is 8.37. The summed E-state index contributed by atoms with van der Waals surface area (Å²) in [6, 6.07) is 8.40. The van der Waals surface area contributed by atoms with Crippen molar-refractivity contribution in [1.29, 1.82) is 0 Å². The lowest BCUT2D eigenvalue weighted by molar-refractivity contribution is 0.0564. The van der Waals surface area contributed by atoms with E-state index in [-0.39, 0.29) is 6.04 Å². The van der Waals surface area contributed by atoms with Gasteiger partial charge in [0.1, 0.15) is 0 Å². The molecule has 2 aliphatic rings. The minimum atomic E-state index is -0.421. The molecule has 0 radical (unpaired) electrons. The van der Waals surface area contributed by atoms with Gasteiger partial charge in [0.05, 0.1) is 11.3 Å². The molecule has 156 valence electrons. The average Bonchev–Trinajstić information content (AvgIpc) is 3.16. The number of fused-ring (bicyclic) bond motifs is 2. The van der Waals surface area contributed by atoms with Crippen LogP contribution < -0.4 is 10.6 Å². The fourth-order valence-corrected chi connectivity index (χ4v) is 4.96. The van der Waals surface area contributed by atoms with Crippen LogP contribution in [0.2, 0.25) is 0 Å². The van der Waals surface area contributed by atoms with Gasteiger partial charge in [0.2, 0.25) is 0 Å². The molecule has 3 heterocycles. The van der Waals surface area contributed by atoms with Crippen LogP contribution in [0.3, 0.4) is 0 Å². The Labute approximate surface area is 172 Å². The quantitative estimate of drug-likeness (QED) is 0.796. The number of hydrogen-bond acceptors (Lipinski definition) is 5. The smallest absolute Gasteiger partial charge is 0.319 e. The van der Waals surface area contributed by atoms with Crippen LogP contribution in [0.15, 0.2) is 28.8 Å². The summed E-state index contributed by atoms with van der Waals surface area (Å²) in [5, 5.41) is 4.12. The highest BCUT2D eigenvalue weighted by atomic mass is 16.5. The molecule has 2 N–H and O–H groups in total. The van der Waals surface area contributed by atoms with Crippen molar-refractivity contribution in [3.05, 3.63) is 30.1 Å². The van der Waals surface area contributed by atoms with Crippen molar-refractivity contribution in [2.24, 2.45) is 5.73 Å². The first-order valence-corrected chi connectivity index (χ1v) is 10.8. The Balaban J connectivity index is 1.65. The third-order valence-corrected chi connectivity index (χ3v) is 6.53. The highest BCUT2D eigenvalue weighted by molar-refractivity contribution is 5.95. The maximum absolute atomic E-state index is 12.6. The summed E-state index contributed by atoms with van der Waals surface area (Å²) in [6.07, 6.45) is 8.40. The molecule has 1 aromatic carbocycles. The van der Waals surface area contributed by atoms with Crippen molar-refractivity contribution in [3.8, 4) is 11.5 Å². The number of primary amides is 1. The van der Waals surface area contributed by atoms with Crippen LogP contribution in [0.1, 0.15) is 57.7 Å². The Morgan fingerprint density at radius 3 is 2.69 bits per heavy atom. The first-order chi connectivity index (χ1) is 14.1. The summed E-state index contributed by atoms with van der Waals surface area (Å²) in [7, 11) is 2.21. The van der Waals surface area contributed by atoms with Crippen LogP contribution in [-0.2, 0) is 6.42 Å². The fraction of sp³-hybridized carbons (Fsp3) is 0.591. The van der Waals surface area contributed by atoms with E-state index in [9.17, 15) is 4.79 Å². The highest BCUT2D eigenvalue weighted by Gasteiger charge is 2.40. The van der Waals surface area contributed by atoms with Crippen molar-refractivity contribution in [1.82, 2.24) is 15.0 Å². The van der Waals surface area contributed by atoms with Gasteiger partial charge in [-0.3, -0.25) is 4.90 Å². The molecule has 2 aromatic rings. The van der Waals surface area contributed by atoms with Gasteiger partial charge in [-0.25, -0.2) is 4.79 Å². The molecule has 0 aliphatic carbocycles. The molecule has 2 saturated heterocycles. The number of aromatic nitrogens is 2. The summed E-state index contributed by atoms with van der Waals surface area (Å²) < 4.78 is 5.55. The van der Waals surface area contributed by atoms with E-state index in [1.807, 2.05) is 24.3 Å². The summed E-state index contributed by atoms with van der Waals surface area (Å²) in [6.45, 7) is 2.14. The summed E-state index contributed by atoms with van der Waals surface area (Å²) >= 11 is 0. The molecule has 7 nitrogen and oxygen atoms in total. The molecule has 2 amide bonds. The minimum absolute atomic E-state index is 0.0858. The van der Waals surface area contributed by atoms with E-state index in [1.54, 1.807) is 4.90 Å². The van der Waals surface area contributed by atoms with E-state index in [0.29, 0.717) is 23.8 Å². The number of amides is 2. The Morgan fingerprint density at radius 1 is 1.28 bits per heavy atom. The number of para-hydroxylation sites is 1. The normalized spacial score (nSPS) is 24.4. The number of piperidine rings is 2. The summed E-state index contributed by atoms with van der Waals surface area (Å²) in [5.74, 6) is 1.15. The van der Waals surface area contributed by atoms with Crippen LogP contribution in [0, 0.1) is 0 Å². The summed E-state index contributed by atoms with van der Waals surface area (Å²) in [5.41, 5.74) is 7.44. The van der Waals surface area contributed by atoms with Crippen molar-refractivity contribution >= 4 is 11.7 Å². The first-order valence-electron chi connectivity index (χ1n) is 10.8. The van der Waals surface area contributed by atoms with Gasteiger partial charge in [0.25, 0.3) is 5.89 Å². The monoisotopic (exact) mass is 397 g/mol. The number of carbonyl (C=O) groups is 1. The molecule has 0 spiro atoms. The predicted molar refractivity (Wildman–Crippen MR) is 113 cm³/mol. The Kier molecular flexibility index (Phi) is 5.85. The third kappa shape index (κ3) is 4.01. The molecule has 3 atom stereocenters. The molecule has 2 bridgehead atoms. The SMILES string of the molecule is CCCCc1noc(-c2ccccc2N(C(N)=O)[C@H]2C[C@H]3CCC[C@@H](C2)N3C)n1. The lowest BCUT2D eigenvalue weighted by Crippen LogP contribution is -2.57. The van der Waals surface area contributed by atoms with E-state index in [1.165, 1.54) is 19.3 Å². The van der Waals surface area contributed by atoms with Crippen molar-refractivity contribution < 1.29 is 9.32 Å². The maximum atomic E-state index is 12.6. The molecular weight excluding hydrogens is 366 g/mol. The number of hydrogen-bond donors (Lipinski definition) is 1. The van der Waals surface area contributed by atoms with Gasteiger partial charge in [0, 0.05) is 24.5 Å². The maximum Gasteiger partial charge on any atom is 0.319 e. The number of aryl methyl sites for hydroxylation is 1. The van der Waals surface area contributed by atoms with Crippen molar-refractivity contribution in [2.45, 2.75) is 76.4 Å². The molecule has 2 fully saturated rings. The molecular formula is C22H31N5O2. The largest absolute Gasteiger partial charge is 0.351 e. The number of rotatable bonds is 6. The number of anilines is 1. The van der Waals surface area contributed by atoms with E-state index >= 15 is 0 Å². The number of unbranched alkanes of at least 4 members (excludes halogenated alkanes) is 1. The first kappa shape index (κ1) is 19.9. The zero-order valence-electron chi connectivity index (χ0n) is 17.4. The lowest BCUT2D eigenvalue weighted by atomic mass is 9.81. The topological polar surface area (TPSA) is 88.5 Å². The van der Waals surface area contributed by atoms with Crippen molar-refractivity contribution in [3.63, 3.8) is 0 Å². The molecule has 29 heavy (non-hydrogen) atoms. The van der Waals surface area contributed by atoms with E-state index in [0.717, 1.165) is 43.4 Å². The van der Waals surface area contributed by atoms with E-state index in [4.69, 9.17) is 10.3 Å². The van der Waals surface area contributed by atoms with Crippen molar-refractivity contribution in [2.75, 3.05) is 11.9 Å². The Morgan fingerprint density at radius 2 is 2.00 bits per heavy atom. The molecule has 2 aliphatic heterocycles. The van der Waals surface area contributed by atoms with Gasteiger partial charge >= 0.3 is 6.03 Å². The zero-order chi connectivity index (χ0) is 20.4. The van der Waals surface area contributed by atoms with Gasteiger partial charge in [-0.15, -0.1) is 0 Å². The van der Waals surface area contributed by atoms with Crippen LogP contribution in [0.4, 0.5) is 10.5 Å². The van der Waals surface area contributed by atoms with Gasteiger partial charge in [-0.05, 0) is 51.3 Å². The standard InChI is InChI=1S/C22H31N5O2/c1-3-4-12-20-24-21(29-25-20)18-10-5-6-11-19(18)27(22(23)28)17-13-15-8-7-9-16(14-17)26(15)2/h5-6,10-11,15-17H,3-4,7-9,12-14H2,1-2H3,(H2,23,28)/t15-,16+,17+. The number of nitrogens with two attached hydrogens (primary N) is 1. The van der Waals surface area contributed by atoms with E-state index < -0.39 is 6.03 Å². The van der Waals surface area contributed by atoms with Gasteiger partial charge in [-0.1, -0.05) is 37.1 Å².